The molecule has 0 fully saturated rings. The summed E-state index contributed by atoms with van der Waals surface area (Å²) >= 11 is 0. The molecule has 0 radical (unpaired) electrons. The highest BCUT2D eigenvalue weighted by molar-refractivity contribution is 6.04. The first-order valence-electron chi connectivity index (χ1n) is 8.69. The number of benzene rings is 2. The number of anilines is 3. The van der Waals surface area contributed by atoms with Crippen molar-refractivity contribution in [3.8, 4) is 23.0 Å². The Morgan fingerprint density at radius 2 is 1.90 bits per heavy atom. The molecule has 0 atom stereocenters. The predicted octanol–water partition coefficient (Wildman–Crippen LogP) is 3.22. The second-order valence-electron chi connectivity index (χ2n) is 5.98. The first-order chi connectivity index (χ1) is 14.2. The lowest BCUT2D eigenvalue weighted by molar-refractivity contribution is 0.102. The molecule has 3 aromatic rings. The van der Waals surface area contributed by atoms with Gasteiger partial charge in [0.05, 0.1) is 19.9 Å². The summed E-state index contributed by atoms with van der Waals surface area (Å²) in [7, 11) is 3.07. The Bertz CT molecular complexity index is 1060. The molecule has 0 spiro atoms. The maximum Gasteiger partial charge on any atom is 0.274 e. The third-order valence-corrected chi connectivity index (χ3v) is 4.17. The molecule has 0 unspecified atom stereocenters. The molecule has 0 saturated carbocycles. The van der Waals surface area contributed by atoms with Gasteiger partial charge >= 0.3 is 0 Å². The van der Waals surface area contributed by atoms with Crippen LogP contribution in [0.1, 0.15) is 10.5 Å². The van der Waals surface area contributed by atoms with Crippen molar-refractivity contribution in [3.05, 3.63) is 54.4 Å². The number of nitrogens with zero attached hydrogens (tertiary/aromatic N) is 2. The molecule has 9 nitrogen and oxygen atoms in total. The fourth-order valence-electron chi connectivity index (χ4n) is 2.75. The molecule has 1 aliphatic heterocycles. The van der Waals surface area contributed by atoms with Gasteiger partial charge in [-0.05, 0) is 30.3 Å². The Morgan fingerprint density at radius 3 is 2.72 bits per heavy atom. The molecule has 1 amide bonds. The van der Waals surface area contributed by atoms with E-state index in [9.17, 15) is 4.79 Å². The molecule has 2 N–H and O–H groups in total. The first-order valence-corrected chi connectivity index (χ1v) is 8.69. The van der Waals surface area contributed by atoms with Crippen LogP contribution in [0.2, 0.25) is 0 Å². The second-order valence-corrected chi connectivity index (χ2v) is 5.98. The number of hydrogen-bond donors (Lipinski definition) is 2. The normalized spacial score (nSPS) is 11.7. The van der Waals surface area contributed by atoms with E-state index < -0.39 is 5.91 Å². The average molecular weight is 394 g/mol. The number of aromatic nitrogens is 2. The van der Waals surface area contributed by atoms with E-state index in [0.29, 0.717) is 34.4 Å². The number of carbonyl (C=O) groups is 1. The van der Waals surface area contributed by atoms with Crippen molar-refractivity contribution in [2.24, 2.45) is 0 Å². The first kappa shape index (κ1) is 18.4. The third kappa shape index (κ3) is 3.98. The molecule has 148 valence electrons. The summed E-state index contributed by atoms with van der Waals surface area (Å²) in [6, 6.07) is 12.0. The molecule has 0 bridgehead atoms. The van der Waals surface area contributed by atoms with Crippen LogP contribution < -0.4 is 29.6 Å². The minimum Gasteiger partial charge on any atom is -0.497 e. The lowest BCUT2D eigenvalue weighted by Crippen LogP contribution is -2.15. The van der Waals surface area contributed by atoms with Crippen molar-refractivity contribution in [1.82, 2.24) is 9.97 Å². The molecule has 1 aliphatic rings. The zero-order valence-electron chi connectivity index (χ0n) is 15.8. The lowest BCUT2D eigenvalue weighted by Gasteiger charge is -2.12. The maximum atomic E-state index is 12.7. The van der Waals surface area contributed by atoms with Crippen molar-refractivity contribution in [2.45, 2.75) is 0 Å². The molecule has 29 heavy (non-hydrogen) atoms. The van der Waals surface area contributed by atoms with Crippen molar-refractivity contribution >= 4 is 23.2 Å². The molecule has 9 heteroatoms. The Labute approximate surface area is 166 Å². The number of ether oxygens (including phenoxy) is 4. The molecule has 0 saturated heterocycles. The van der Waals surface area contributed by atoms with Gasteiger partial charge in [0, 0.05) is 24.0 Å². The van der Waals surface area contributed by atoms with Crippen molar-refractivity contribution in [3.63, 3.8) is 0 Å². The number of nitrogens with one attached hydrogen (secondary N) is 2. The summed E-state index contributed by atoms with van der Waals surface area (Å²) in [5.74, 6) is 2.27. The minimum atomic E-state index is -0.410. The van der Waals surface area contributed by atoms with Crippen LogP contribution in [-0.2, 0) is 0 Å². The third-order valence-electron chi connectivity index (χ3n) is 4.17. The fraction of sp³-hybridized carbons (Fsp3) is 0.150. The van der Waals surface area contributed by atoms with E-state index in [-0.39, 0.29) is 18.4 Å². The van der Waals surface area contributed by atoms with Gasteiger partial charge in [0.25, 0.3) is 5.91 Å². The summed E-state index contributed by atoms with van der Waals surface area (Å²) in [6.45, 7) is 0.193. The quantitative estimate of drug-likeness (QED) is 0.657. The molecular formula is C20H18N4O5. The zero-order chi connectivity index (χ0) is 20.2. The van der Waals surface area contributed by atoms with Gasteiger partial charge in [0.15, 0.2) is 11.5 Å². The molecule has 2 heterocycles. The van der Waals surface area contributed by atoms with Crippen LogP contribution in [0.3, 0.4) is 0 Å². The van der Waals surface area contributed by atoms with E-state index in [1.54, 1.807) is 37.4 Å². The number of methoxy groups -OCH3 is 2. The van der Waals surface area contributed by atoms with Crippen LogP contribution in [0.15, 0.2) is 48.7 Å². The molecular weight excluding hydrogens is 376 g/mol. The topological polar surface area (TPSA) is 104 Å². The van der Waals surface area contributed by atoms with Crippen LogP contribution in [0.5, 0.6) is 23.0 Å². The molecule has 4 rings (SSSR count). The van der Waals surface area contributed by atoms with Crippen LogP contribution in [-0.4, -0.2) is 36.9 Å². The molecule has 0 aliphatic carbocycles. The lowest BCUT2D eigenvalue weighted by atomic mass is 10.2. The number of rotatable bonds is 6. The summed E-state index contributed by atoms with van der Waals surface area (Å²) in [5.41, 5.74) is 1.37. The van der Waals surface area contributed by atoms with E-state index >= 15 is 0 Å². The van der Waals surface area contributed by atoms with Gasteiger partial charge in [-0.15, -0.1) is 0 Å². The zero-order valence-corrected chi connectivity index (χ0v) is 15.8. The standard InChI is InChI=1S/C20H18N4O5/c1-26-13-4-6-16(27-2)15(10-13)23-19(25)14-7-8-21-20(24-14)22-12-3-5-17-18(9-12)29-11-28-17/h3-10H,11H2,1-2H3,(H,23,25)(H,21,22,24). The highest BCUT2D eigenvalue weighted by Crippen LogP contribution is 2.34. The van der Waals surface area contributed by atoms with Gasteiger partial charge in [-0.3, -0.25) is 4.79 Å². The maximum absolute atomic E-state index is 12.7. The largest absolute Gasteiger partial charge is 0.497 e. The van der Waals surface area contributed by atoms with Crippen molar-refractivity contribution in [1.29, 1.82) is 0 Å². The summed E-state index contributed by atoms with van der Waals surface area (Å²) in [6.07, 6.45) is 1.50. The van der Waals surface area contributed by atoms with E-state index in [4.69, 9.17) is 18.9 Å². The van der Waals surface area contributed by atoms with Crippen LogP contribution in [0, 0.1) is 0 Å². The minimum absolute atomic E-state index is 0.188. The fourth-order valence-corrected chi connectivity index (χ4v) is 2.75. The van der Waals surface area contributed by atoms with E-state index in [0.717, 1.165) is 0 Å². The Hall–Kier alpha value is -4.01. The molecule has 2 aromatic carbocycles. The van der Waals surface area contributed by atoms with E-state index in [1.807, 2.05) is 6.07 Å². The SMILES string of the molecule is COc1ccc(OC)c(NC(=O)c2ccnc(Nc3ccc4c(c3)OCO4)n2)c1. The number of fused-ring (bicyclic) bond motifs is 1. The van der Waals surface area contributed by atoms with Crippen molar-refractivity contribution in [2.75, 3.05) is 31.6 Å². The van der Waals surface area contributed by atoms with Gasteiger partial charge in [0.1, 0.15) is 17.2 Å². The highest BCUT2D eigenvalue weighted by atomic mass is 16.7. The Balaban J connectivity index is 1.52. The van der Waals surface area contributed by atoms with Crippen LogP contribution in [0.25, 0.3) is 0 Å². The monoisotopic (exact) mass is 394 g/mol. The van der Waals surface area contributed by atoms with Gasteiger partial charge in [-0.1, -0.05) is 0 Å². The summed E-state index contributed by atoms with van der Waals surface area (Å²) in [5, 5.41) is 5.83. The number of hydrogen-bond acceptors (Lipinski definition) is 8. The average Bonchev–Trinajstić information content (AvgIpc) is 3.21. The Kier molecular flexibility index (Phi) is 5.02. The van der Waals surface area contributed by atoms with Crippen LogP contribution >= 0.6 is 0 Å². The van der Waals surface area contributed by atoms with Crippen LogP contribution in [0.4, 0.5) is 17.3 Å². The second kappa shape index (κ2) is 7.93. The number of amides is 1. The Morgan fingerprint density at radius 1 is 1.03 bits per heavy atom. The van der Waals surface area contributed by atoms with Crippen molar-refractivity contribution < 1.29 is 23.7 Å². The van der Waals surface area contributed by atoms with Gasteiger partial charge in [-0.25, -0.2) is 9.97 Å². The van der Waals surface area contributed by atoms with E-state index in [1.165, 1.54) is 19.4 Å². The summed E-state index contributed by atoms with van der Waals surface area (Å²) < 4.78 is 21.1. The number of carbonyl (C=O) groups excluding carboxylic acids is 1. The highest BCUT2D eigenvalue weighted by Gasteiger charge is 2.15. The van der Waals surface area contributed by atoms with Gasteiger partial charge < -0.3 is 29.6 Å². The predicted molar refractivity (Wildman–Crippen MR) is 105 cm³/mol. The van der Waals surface area contributed by atoms with Gasteiger partial charge in [0.2, 0.25) is 12.7 Å². The van der Waals surface area contributed by atoms with E-state index in [2.05, 4.69) is 20.6 Å². The van der Waals surface area contributed by atoms with Gasteiger partial charge in [-0.2, -0.15) is 0 Å². The smallest absolute Gasteiger partial charge is 0.274 e. The molecule has 1 aromatic heterocycles. The summed E-state index contributed by atoms with van der Waals surface area (Å²) in [4.78, 5) is 21.1.